The van der Waals surface area contributed by atoms with Crippen LogP contribution in [0.1, 0.15) is 26.5 Å². The number of carboxylic acids is 1. The summed E-state index contributed by atoms with van der Waals surface area (Å²) in [6, 6.07) is 1.47. The Morgan fingerprint density at radius 3 is 2.72 bits per heavy atom. The Morgan fingerprint density at radius 2 is 2.17 bits per heavy atom. The van der Waals surface area contributed by atoms with E-state index in [4.69, 9.17) is 9.84 Å². The molecule has 18 heavy (non-hydrogen) atoms. The average molecular weight is 253 g/mol. The molecular weight excluding hydrogens is 234 g/mol. The summed E-state index contributed by atoms with van der Waals surface area (Å²) in [5, 5.41) is 11.9. The fourth-order valence-electron chi connectivity index (χ4n) is 1.37. The van der Waals surface area contributed by atoms with Crippen LogP contribution in [0.3, 0.4) is 0 Å². The molecule has 0 spiro atoms. The van der Waals surface area contributed by atoms with E-state index in [1.807, 2.05) is 13.8 Å². The highest BCUT2D eigenvalue weighted by Crippen LogP contribution is 2.14. The number of hydrogen-bond donors (Lipinski definition) is 2. The van der Waals surface area contributed by atoms with Gasteiger partial charge in [-0.05, 0) is 27.7 Å². The van der Waals surface area contributed by atoms with Crippen molar-refractivity contribution < 1.29 is 14.6 Å². The smallest absolute Gasteiger partial charge is 0.308 e. The first-order valence-corrected chi connectivity index (χ1v) is 5.91. The minimum Gasteiger partial charge on any atom is -0.481 e. The maximum Gasteiger partial charge on any atom is 0.308 e. The summed E-state index contributed by atoms with van der Waals surface area (Å²) in [6.45, 7) is 7.65. The zero-order valence-electron chi connectivity index (χ0n) is 11.1. The lowest BCUT2D eigenvalue weighted by Crippen LogP contribution is -2.30. The van der Waals surface area contributed by atoms with E-state index >= 15 is 0 Å². The van der Waals surface area contributed by atoms with E-state index in [1.54, 1.807) is 19.9 Å². The normalized spacial score (nSPS) is 13.8. The molecule has 0 fully saturated rings. The third-order valence-electron chi connectivity index (χ3n) is 2.62. The van der Waals surface area contributed by atoms with E-state index in [1.165, 1.54) is 0 Å². The van der Waals surface area contributed by atoms with Gasteiger partial charge in [-0.3, -0.25) is 4.79 Å². The summed E-state index contributed by atoms with van der Waals surface area (Å²) in [4.78, 5) is 19.2. The summed E-state index contributed by atoms with van der Waals surface area (Å²) in [7, 11) is 0. The summed E-state index contributed by atoms with van der Waals surface area (Å²) in [6.07, 6.45) is 0. The molecule has 1 heterocycles. The Labute approximate surface area is 106 Å². The molecule has 0 aliphatic rings. The standard InChI is InChI=1S/C12H19N3O3/c1-5-18-10-6-7(2)13-12(15-10)14-9(4)8(3)11(16)17/h6,8-9H,5H2,1-4H3,(H,16,17)(H,13,14,15). The largest absolute Gasteiger partial charge is 0.481 e. The van der Waals surface area contributed by atoms with Gasteiger partial charge >= 0.3 is 5.97 Å². The van der Waals surface area contributed by atoms with E-state index in [0.717, 1.165) is 5.69 Å². The van der Waals surface area contributed by atoms with Gasteiger partial charge in [-0.2, -0.15) is 4.98 Å². The number of nitrogens with zero attached hydrogens (tertiary/aromatic N) is 2. The van der Waals surface area contributed by atoms with Crippen molar-refractivity contribution in [2.75, 3.05) is 11.9 Å². The lowest BCUT2D eigenvalue weighted by molar-refractivity contribution is -0.141. The number of ether oxygens (including phenoxy) is 1. The molecule has 2 N–H and O–H groups in total. The minimum atomic E-state index is -0.854. The Morgan fingerprint density at radius 1 is 1.50 bits per heavy atom. The second kappa shape index (κ2) is 6.18. The molecule has 0 bridgehead atoms. The number of aromatic nitrogens is 2. The van der Waals surface area contributed by atoms with Crippen molar-refractivity contribution >= 4 is 11.9 Å². The van der Waals surface area contributed by atoms with Crippen molar-refractivity contribution in [1.82, 2.24) is 9.97 Å². The van der Waals surface area contributed by atoms with Crippen molar-refractivity contribution in [3.8, 4) is 5.88 Å². The Bertz CT molecular complexity index is 423. The Hall–Kier alpha value is -1.85. The molecule has 1 aromatic heterocycles. The second-order valence-corrected chi connectivity index (χ2v) is 4.16. The number of carbonyl (C=O) groups is 1. The van der Waals surface area contributed by atoms with Gasteiger partial charge in [0, 0.05) is 17.8 Å². The molecule has 1 aromatic rings. The molecule has 2 unspecified atom stereocenters. The molecule has 0 saturated carbocycles. The molecule has 0 radical (unpaired) electrons. The highest BCUT2D eigenvalue weighted by Gasteiger charge is 2.20. The van der Waals surface area contributed by atoms with Gasteiger partial charge in [0.25, 0.3) is 0 Å². The van der Waals surface area contributed by atoms with E-state index in [2.05, 4.69) is 15.3 Å². The van der Waals surface area contributed by atoms with Crippen LogP contribution in [0.25, 0.3) is 0 Å². The summed E-state index contributed by atoms with van der Waals surface area (Å²) in [5.41, 5.74) is 0.770. The van der Waals surface area contributed by atoms with Crippen LogP contribution in [0.5, 0.6) is 5.88 Å². The molecule has 1 rings (SSSR count). The first-order chi connectivity index (χ1) is 8.43. The van der Waals surface area contributed by atoms with Crippen LogP contribution >= 0.6 is 0 Å². The molecule has 0 aromatic carbocycles. The fraction of sp³-hybridized carbons (Fsp3) is 0.583. The third kappa shape index (κ3) is 3.87. The van der Waals surface area contributed by atoms with Gasteiger partial charge in [-0.15, -0.1) is 0 Å². The number of anilines is 1. The number of aliphatic carboxylic acids is 1. The number of hydrogen-bond acceptors (Lipinski definition) is 5. The van der Waals surface area contributed by atoms with Crippen LogP contribution in [0, 0.1) is 12.8 Å². The second-order valence-electron chi connectivity index (χ2n) is 4.16. The minimum absolute atomic E-state index is 0.265. The molecule has 6 heteroatoms. The lowest BCUT2D eigenvalue weighted by atomic mass is 10.0. The van der Waals surface area contributed by atoms with Crippen LogP contribution < -0.4 is 10.1 Å². The van der Waals surface area contributed by atoms with Gasteiger partial charge in [0.1, 0.15) is 0 Å². The molecule has 0 aliphatic carbocycles. The first-order valence-electron chi connectivity index (χ1n) is 5.91. The topological polar surface area (TPSA) is 84.3 Å². The first kappa shape index (κ1) is 14.2. The Balaban J connectivity index is 2.80. The molecule has 0 amide bonds. The van der Waals surface area contributed by atoms with Crippen LogP contribution in [0.15, 0.2) is 6.07 Å². The quantitative estimate of drug-likeness (QED) is 0.802. The van der Waals surface area contributed by atoms with Crippen LogP contribution in [-0.2, 0) is 4.79 Å². The third-order valence-corrected chi connectivity index (χ3v) is 2.62. The van der Waals surface area contributed by atoms with E-state index in [-0.39, 0.29) is 6.04 Å². The number of rotatable bonds is 6. The molecule has 2 atom stereocenters. The highest BCUT2D eigenvalue weighted by molar-refractivity contribution is 5.70. The molecule has 6 nitrogen and oxygen atoms in total. The maximum atomic E-state index is 10.9. The van der Waals surface area contributed by atoms with Crippen molar-refractivity contribution in [3.05, 3.63) is 11.8 Å². The SMILES string of the molecule is CCOc1cc(C)nc(NC(C)C(C)C(=O)O)n1. The van der Waals surface area contributed by atoms with Gasteiger partial charge in [0.05, 0.1) is 12.5 Å². The van der Waals surface area contributed by atoms with E-state index < -0.39 is 11.9 Å². The number of carboxylic acid groups (broad SMARTS) is 1. The van der Waals surface area contributed by atoms with Gasteiger partial charge in [-0.1, -0.05) is 0 Å². The average Bonchev–Trinajstić information content (AvgIpc) is 2.27. The van der Waals surface area contributed by atoms with Crippen LogP contribution in [0.2, 0.25) is 0 Å². The predicted molar refractivity (Wildman–Crippen MR) is 67.8 cm³/mol. The van der Waals surface area contributed by atoms with E-state index in [9.17, 15) is 4.79 Å². The van der Waals surface area contributed by atoms with E-state index in [0.29, 0.717) is 18.4 Å². The predicted octanol–water partition coefficient (Wildman–Crippen LogP) is 1.70. The molecule has 0 aliphatic heterocycles. The lowest BCUT2D eigenvalue weighted by Gasteiger charge is -2.18. The maximum absolute atomic E-state index is 10.9. The van der Waals surface area contributed by atoms with Gasteiger partial charge < -0.3 is 15.2 Å². The zero-order valence-corrected chi connectivity index (χ0v) is 11.1. The monoisotopic (exact) mass is 253 g/mol. The summed E-state index contributed by atoms with van der Waals surface area (Å²) >= 11 is 0. The molecule has 100 valence electrons. The number of aryl methyl sites for hydroxylation is 1. The van der Waals surface area contributed by atoms with Crippen molar-refractivity contribution in [2.45, 2.75) is 33.7 Å². The van der Waals surface area contributed by atoms with Crippen molar-refractivity contribution in [2.24, 2.45) is 5.92 Å². The highest BCUT2D eigenvalue weighted by atomic mass is 16.5. The van der Waals surface area contributed by atoms with Gasteiger partial charge in [0.2, 0.25) is 11.8 Å². The number of nitrogens with one attached hydrogen (secondary N) is 1. The molecular formula is C12H19N3O3. The fourth-order valence-corrected chi connectivity index (χ4v) is 1.37. The van der Waals surface area contributed by atoms with Gasteiger partial charge in [-0.25, -0.2) is 4.98 Å². The zero-order chi connectivity index (χ0) is 13.7. The van der Waals surface area contributed by atoms with Crippen LogP contribution in [0.4, 0.5) is 5.95 Å². The summed E-state index contributed by atoms with van der Waals surface area (Å²) in [5.74, 6) is -0.501. The Kier molecular flexibility index (Phi) is 4.88. The van der Waals surface area contributed by atoms with Crippen LogP contribution in [-0.4, -0.2) is 33.7 Å². The van der Waals surface area contributed by atoms with Crippen molar-refractivity contribution in [1.29, 1.82) is 0 Å². The summed E-state index contributed by atoms with van der Waals surface area (Å²) < 4.78 is 5.31. The van der Waals surface area contributed by atoms with Crippen molar-refractivity contribution in [3.63, 3.8) is 0 Å². The van der Waals surface area contributed by atoms with Gasteiger partial charge in [0.15, 0.2) is 0 Å². The molecule has 0 saturated heterocycles.